The van der Waals surface area contributed by atoms with E-state index in [9.17, 15) is 4.79 Å². The molecule has 3 N–H and O–H groups in total. The van der Waals surface area contributed by atoms with Crippen LogP contribution in [0.4, 0.5) is 5.82 Å². The number of carbonyl (C=O) groups is 1. The minimum Gasteiger partial charge on any atom is -0.312 e. The highest BCUT2D eigenvalue weighted by atomic mass is 16.2. The molecule has 0 spiro atoms. The van der Waals surface area contributed by atoms with E-state index in [4.69, 9.17) is 0 Å². The van der Waals surface area contributed by atoms with Crippen molar-refractivity contribution in [2.45, 2.75) is 25.9 Å². The lowest BCUT2D eigenvalue weighted by Crippen LogP contribution is -2.25. The van der Waals surface area contributed by atoms with Crippen molar-refractivity contribution in [1.29, 1.82) is 0 Å². The number of fused-ring (bicyclic) bond motifs is 1. The number of hydrogen-bond donors (Lipinski definition) is 3. The van der Waals surface area contributed by atoms with E-state index in [0.717, 1.165) is 37.2 Å². The maximum atomic E-state index is 12.5. The molecular weight excluding hydrogens is 318 g/mol. The zero-order valence-corrected chi connectivity index (χ0v) is 13.7. The molecule has 25 heavy (non-hydrogen) atoms. The zero-order valence-electron chi connectivity index (χ0n) is 13.7. The summed E-state index contributed by atoms with van der Waals surface area (Å²) >= 11 is 0. The van der Waals surface area contributed by atoms with Crippen molar-refractivity contribution in [3.8, 4) is 0 Å². The predicted molar refractivity (Wildman–Crippen MR) is 92.1 cm³/mol. The minimum atomic E-state index is -0.236. The number of nitrogens with one attached hydrogen (secondary N) is 3. The zero-order chi connectivity index (χ0) is 17.1. The van der Waals surface area contributed by atoms with Gasteiger partial charge < -0.3 is 10.6 Å². The molecule has 0 aromatic carbocycles. The number of aryl methyl sites for hydroxylation is 2. The van der Waals surface area contributed by atoms with Crippen molar-refractivity contribution in [3.63, 3.8) is 0 Å². The van der Waals surface area contributed by atoms with Crippen molar-refractivity contribution in [3.05, 3.63) is 59.3 Å². The number of pyridine rings is 1. The van der Waals surface area contributed by atoms with E-state index in [-0.39, 0.29) is 5.91 Å². The van der Waals surface area contributed by atoms with Gasteiger partial charge in [0.2, 0.25) is 0 Å². The van der Waals surface area contributed by atoms with Crippen LogP contribution in [0.25, 0.3) is 0 Å². The lowest BCUT2D eigenvalue weighted by atomic mass is 10.1. The van der Waals surface area contributed by atoms with Crippen LogP contribution in [0.3, 0.4) is 0 Å². The summed E-state index contributed by atoms with van der Waals surface area (Å²) in [5, 5.41) is 17.6. The van der Waals surface area contributed by atoms with Crippen LogP contribution in [-0.2, 0) is 25.9 Å². The normalized spacial score (nSPS) is 13.4. The van der Waals surface area contributed by atoms with Gasteiger partial charge in [-0.05, 0) is 24.1 Å². The van der Waals surface area contributed by atoms with Crippen LogP contribution in [0, 0.1) is 0 Å². The average molecular weight is 337 g/mol. The first-order chi connectivity index (χ1) is 12.3. The van der Waals surface area contributed by atoms with Crippen LogP contribution in [0.2, 0.25) is 0 Å². The fraction of sp³-hybridized carbons (Fsp3) is 0.294. The highest BCUT2D eigenvalue weighted by Gasteiger charge is 2.21. The van der Waals surface area contributed by atoms with Gasteiger partial charge in [0, 0.05) is 62.0 Å². The molecule has 4 heterocycles. The van der Waals surface area contributed by atoms with Crippen molar-refractivity contribution in [2.24, 2.45) is 0 Å². The fourth-order valence-corrected chi connectivity index (χ4v) is 2.93. The van der Waals surface area contributed by atoms with E-state index >= 15 is 0 Å². The number of carbonyl (C=O) groups excluding carboxylic acids is 1. The second kappa shape index (κ2) is 6.86. The molecule has 0 atom stereocenters. The summed E-state index contributed by atoms with van der Waals surface area (Å²) in [7, 11) is 0. The molecule has 128 valence electrons. The topological polar surface area (TPSA) is 101 Å². The Morgan fingerprint density at radius 2 is 2.16 bits per heavy atom. The smallest absolute Gasteiger partial charge is 0.277 e. The molecule has 0 bridgehead atoms. The number of aromatic nitrogens is 5. The number of rotatable bonds is 5. The molecule has 4 rings (SSSR count). The summed E-state index contributed by atoms with van der Waals surface area (Å²) in [5.74, 6) is 0.292. The summed E-state index contributed by atoms with van der Waals surface area (Å²) in [4.78, 5) is 16.5. The van der Waals surface area contributed by atoms with Crippen LogP contribution in [0.1, 0.15) is 27.3 Å². The molecule has 0 radical (unpaired) electrons. The quantitative estimate of drug-likeness (QED) is 0.648. The predicted octanol–water partition coefficient (Wildman–Crippen LogP) is 1.14. The lowest BCUT2D eigenvalue weighted by molar-refractivity contribution is 0.102. The van der Waals surface area contributed by atoms with Crippen LogP contribution in [0.15, 0.2) is 36.8 Å². The first kappa shape index (κ1) is 15.5. The van der Waals surface area contributed by atoms with Crippen molar-refractivity contribution in [2.75, 3.05) is 11.9 Å². The number of anilines is 1. The molecule has 0 aliphatic carbocycles. The second-order valence-corrected chi connectivity index (χ2v) is 5.98. The Bertz CT molecular complexity index is 868. The van der Waals surface area contributed by atoms with Gasteiger partial charge in [-0.3, -0.25) is 19.6 Å². The average Bonchev–Trinajstić information content (AvgIpc) is 3.27. The van der Waals surface area contributed by atoms with Gasteiger partial charge in [-0.2, -0.15) is 10.2 Å². The second-order valence-electron chi connectivity index (χ2n) is 5.98. The summed E-state index contributed by atoms with van der Waals surface area (Å²) in [6.07, 6.45) is 7.14. The van der Waals surface area contributed by atoms with Gasteiger partial charge in [0.15, 0.2) is 11.5 Å². The fourth-order valence-electron chi connectivity index (χ4n) is 2.93. The summed E-state index contributed by atoms with van der Waals surface area (Å²) < 4.78 is 1.82. The van der Waals surface area contributed by atoms with E-state index < -0.39 is 0 Å². The highest BCUT2D eigenvalue weighted by Crippen LogP contribution is 2.16. The van der Waals surface area contributed by atoms with Crippen LogP contribution in [0.5, 0.6) is 0 Å². The van der Waals surface area contributed by atoms with E-state index in [2.05, 4.69) is 30.9 Å². The summed E-state index contributed by atoms with van der Waals surface area (Å²) in [6, 6.07) is 5.77. The van der Waals surface area contributed by atoms with Gasteiger partial charge in [0.05, 0.1) is 0 Å². The standard InChI is InChI=1S/C17H19N7O/c25-17(16-13-11-19-8-3-14(13)21-22-16)20-15-5-10-24(23-15)9-4-12-1-6-18-7-2-12/h1-2,5-7,10,19H,3-4,8-9,11H2,(H,21,22)(H,20,23,25). The van der Waals surface area contributed by atoms with Crippen LogP contribution < -0.4 is 10.6 Å². The molecule has 1 amide bonds. The first-order valence-corrected chi connectivity index (χ1v) is 8.30. The van der Waals surface area contributed by atoms with Crippen LogP contribution in [-0.4, -0.2) is 37.4 Å². The molecule has 8 nitrogen and oxygen atoms in total. The SMILES string of the molecule is O=C(Nc1ccn(CCc2ccncc2)n1)c1n[nH]c2c1CNCC2. The van der Waals surface area contributed by atoms with E-state index in [1.165, 1.54) is 5.56 Å². The third-order valence-corrected chi connectivity index (χ3v) is 4.28. The first-order valence-electron chi connectivity index (χ1n) is 8.30. The number of aromatic amines is 1. The number of H-pyrrole nitrogens is 1. The molecule has 1 aliphatic rings. The van der Waals surface area contributed by atoms with Crippen molar-refractivity contribution >= 4 is 11.7 Å². The van der Waals surface area contributed by atoms with Gasteiger partial charge >= 0.3 is 0 Å². The van der Waals surface area contributed by atoms with Gasteiger partial charge in [-0.15, -0.1) is 0 Å². The van der Waals surface area contributed by atoms with Crippen LogP contribution >= 0.6 is 0 Å². The molecule has 3 aromatic rings. The number of hydrogen-bond acceptors (Lipinski definition) is 5. The Morgan fingerprint density at radius 1 is 1.28 bits per heavy atom. The highest BCUT2D eigenvalue weighted by molar-refractivity contribution is 6.03. The lowest BCUT2D eigenvalue weighted by Gasteiger charge is -2.12. The van der Waals surface area contributed by atoms with Gasteiger partial charge in [0.25, 0.3) is 5.91 Å². The molecule has 0 saturated carbocycles. The Balaban J connectivity index is 1.39. The van der Waals surface area contributed by atoms with Gasteiger partial charge in [0.1, 0.15) is 0 Å². The molecule has 1 aliphatic heterocycles. The molecular formula is C17H19N7O. The monoisotopic (exact) mass is 337 g/mol. The summed E-state index contributed by atoms with van der Waals surface area (Å²) in [6.45, 7) is 2.30. The molecule has 0 fully saturated rings. The largest absolute Gasteiger partial charge is 0.312 e. The minimum absolute atomic E-state index is 0.236. The third-order valence-electron chi connectivity index (χ3n) is 4.28. The van der Waals surface area contributed by atoms with E-state index in [0.29, 0.717) is 18.1 Å². The van der Waals surface area contributed by atoms with Gasteiger partial charge in [-0.25, -0.2) is 0 Å². The maximum absolute atomic E-state index is 12.5. The third kappa shape index (κ3) is 3.43. The van der Waals surface area contributed by atoms with E-state index in [1.54, 1.807) is 18.5 Å². The number of nitrogens with zero attached hydrogens (tertiary/aromatic N) is 4. The Morgan fingerprint density at radius 3 is 3.04 bits per heavy atom. The molecule has 3 aromatic heterocycles. The maximum Gasteiger partial charge on any atom is 0.277 e. The van der Waals surface area contributed by atoms with Crippen molar-refractivity contribution < 1.29 is 4.79 Å². The molecule has 0 unspecified atom stereocenters. The Hall–Kier alpha value is -3.00. The molecule has 8 heteroatoms. The number of amides is 1. The summed E-state index contributed by atoms with van der Waals surface area (Å²) in [5.41, 5.74) is 3.62. The van der Waals surface area contributed by atoms with Crippen molar-refractivity contribution in [1.82, 2.24) is 30.3 Å². The van der Waals surface area contributed by atoms with Gasteiger partial charge in [-0.1, -0.05) is 0 Å². The Labute approximate surface area is 144 Å². The molecule has 0 saturated heterocycles. The van der Waals surface area contributed by atoms with E-state index in [1.807, 2.05) is 23.0 Å². The Kier molecular flexibility index (Phi) is 4.26.